The van der Waals surface area contributed by atoms with Gasteiger partial charge in [-0.15, -0.1) is 0 Å². The first kappa shape index (κ1) is 13.9. The van der Waals surface area contributed by atoms with Gasteiger partial charge in [-0.2, -0.15) is 0 Å². The first-order chi connectivity index (χ1) is 10.3. The van der Waals surface area contributed by atoms with Crippen LogP contribution in [0.2, 0.25) is 5.02 Å². The lowest BCUT2D eigenvalue weighted by Crippen LogP contribution is -2.80. The van der Waals surface area contributed by atoms with Gasteiger partial charge in [0, 0.05) is 28.5 Å². The zero-order valence-electron chi connectivity index (χ0n) is 11.5. The van der Waals surface area contributed by atoms with E-state index in [4.69, 9.17) is 16.0 Å². The van der Waals surface area contributed by atoms with Gasteiger partial charge in [0.2, 0.25) is 0 Å². The Labute approximate surface area is 128 Å². The maximum atomic E-state index is 6.00. The van der Waals surface area contributed by atoms with Crippen molar-refractivity contribution in [2.45, 2.75) is 13.1 Å². The number of nitrogens with two attached hydrogens (primary N) is 1. The molecule has 0 saturated heterocycles. The minimum absolute atomic E-state index is 0.717. The van der Waals surface area contributed by atoms with Crippen LogP contribution in [0.3, 0.4) is 0 Å². The number of hydrogen-bond donors (Lipinski definition) is 1. The summed E-state index contributed by atoms with van der Waals surface area (Å²) in [5, 5.41) is 2.92. The van der Waals surface area contributed by atoms with Crippen LogP contribution in [0.1, 0.15) is 11.3 Å². The highest BCUT2D eigenvalue weighted by Crippen LogP contribution is 2.24. The highest BCUT2D eigenvalue weighted by Gasteiger charge is 2.06. The van der Waals surface area contributed by atoms with Crippen LogP contribution in [-0.4, -0.2) is 4.98 Å². The molecule has 2 heterocycles. The van der Waals surface area contributed by atoms with Crippen molar-refractivity contribution >= 4 is 11.6 Å². The van der Waals surface area contributed by atoms with E-state index in [9.17, 15) is 0 Å². The summed E-state index contributed by atoms with van der Waals surface area (Å²) in [6.07, 6.45) is 3.63. The number of quaternary nitrogens is 1. The van der Waals surface area contributed by atoms with E-state index in [1.54, 1.807) is 0 Å². The summed E-state index contributed by atoms with van der Waals surface area (Å²) < 4.78 is 5.86. The second-order valence-electron chi connectivity index (χ2n) is 4.83. The highest BCUT2D eigenvalue weighted by molar-refractivity contribution is 6.30. The molecule has 2 N–H and O–H groups in total. The average molecular weight is 300 g/mol. The summed E-state index contributed by atoms with van der Waals surface area (Å²) in [6, 6.07) is 15.7. The molecule has 4 heteroatoms. The van der Waals surface area contributed by atoms with Crippen molar-refractivity contribution in [3.63, 3.8) is 0 Å². The van der Waals surface area contributed by atoms with E-state index in [0.717, 1.165) is 35.2 Å². The fraction of sp³-hybridized carbons (Fsp3) is 0.118. The molecule has 0 saturated carbocycles. The minimum atomic E-state index is 0.717. The van der Waals surface area contributed by atoms with Crippen LogP contribution in [0.5, 0.6) is 0 Å². The Morgan fingerprint density at radius 2 is 1.86 bits per heavy atom. The molecule has 2 aromatic heterocycles. The number of benzene rings is 1. The Kier molecular flexibility index (Phi) is 4.34. The van der Waals surface area contributed by atoms with E-state index in [2.05, 4.69) is 10.3 Å². The third-order valence-electron chi connectivity index (χ3n) is 3.25. The quantitative estimate of drug-likeness (QED) is 0.786. The molecular formula is C17H16ClN2O+. The summed E-state index contributed by atoms with van der Waals surface area (Å²) in [7, 11) is 0. The van der Waals surface area contributed by atoms with Crippen LogP contribution in [0.4, 0.5) is 0 Å². The van der Waals surface area contributed by atoms with Crippen molar-refractivity contribution in [3.8, 4) is 11.3 Å². The van der Waals surface area contributed by atoms with Crippen molar-refractivity contribution in [1.29, 1.82) is 0 Å². The number of aromatic nitrogens is 1. The zero-order chi connectivity index (χ0) is 14.5. The normalized spacial score (nSPS) is 10.7. The van der Waals surface area contributed by atoms with Gasteiger partial charge in [0.1, 0.15) is 18.8 Å². The first-order valence-corrected chi connectivity index (χ1v) is 7.24. The summed E-state index contributed by atoms with van der Waals surface area (Å²) in [5.41, 5.74) is 2.26. The van der Waals surface area contributed by atoms with Gasteiger partial charge in [-0.25, -0.2) is 0 Å². The van der Waals surface area contributed by atoms with Crippen LogP contribution in [-0.2, 0) is 13.1 Å². The molecule has 3 nitrogen and oxygen atoms in total. The number of hydrogen-bond acceptors (Lipinski definition) is 2. The van der Waals surface area contributed by atoms with Crippen LogP contribution in [0.25, 0.3) is 11.3 Å². The van der Waals surface area contributed by atoms with Crippen molar-refractivity contribution < 1.29 is 9.73 Å². The third-order valence-corrected chi connectivity index (χ3v) is 3.48. The van der Waals surface area contributed by atoms with E-state index in [1.807, 2.05) is 60.9 Å². The molecule has 106 valence electrons. The molecule has 0 amide bonds. The summed E-state index contributed by atoms with van der Waals surface area (Å²) >= 11 is 6.00. The highest BCUT2D eigenvalue weighted by atomic mass is 35.5. The van der Waals surface area contributed by atoms with Crippen molar-refractivity contribution in [2.24, 2.45) is 0 Å². The van der Waals surface area contributed by atoms with Gasteiger partial charge in [0.15, 0.2) is 5.76 Å². The Balaban J connectivity index is 1.60. The predicted molar refractivity (Wildman–Crippen MR) is 82.7 cm³/mol. The van der Waals surface area contributed by atoms with E-state index in [0.29, 0.717) is 0 Å². The fourth-order valence-electron chi connectivity index (χ4n) is 2.18. The van der Waals surface area contributed by atoms with Crippen molar-refractivity contribution in [1.82, 2.24) is 4.98 Å². The second kappa shape index (κ2) is 6.57. The summed E-state index contributed by atoms with van der Waals surface area (Å²) in [4.78, 5) is 4.01. The fourth-order valence-corrected chi connectivity index (χ4v) is 2.37. The molecule has 3 aromatic rings. The van der Waals surface area contributed by atoms with Gasteiger partial charge in [-0.3, -0.25) is 4.98 Å². The van der Waals surface area contributed by atoms with E-state index in [-0.39, 0.29) is 0 Å². The molecule has 0 radical (unpaired) electrons. The topological polar surface area (TPSA) is 42.6 Å². The van der Waals surface area contributed by atoms with Gasteiger partial charge in [-0.1, -0.05) is 23.7 Å². The summed E-state index contributed by atoms with van der Waals surface area (Å²) in [5.74, 6) is 1.81. The molecule has 0 aliphatic rings. The lowest BCUT2D eigenvalue weighted by atomic mass is 10.2. The maximum Gasteiger partial charge on any atom is 0.158 e. The minimum Gasteiger partial charge on any atom is -0.455 e. The lowest BCUT2D eigenvalue weighted by Gasteiger charge is -2.00. The predicted octanol–water partition coefficient (Wildman–Crippen LogP) is 3.26. The molecular weight excluding hydrogens is 284 g/mol. The number of rotatable bonds is 5. The molecule has 0 aliphatic heterocycles. The Hall–Kier alpha value is -2.10. The molecule has 0 atom stereocenters. The summed E-state index contributed by atoms with van der Waals surface area (Å²) in [6.45, 7) is 1.72. The largest absolute Gasteiger partial charge is 0.455 e. The molecule has 0 unspecified atom stereocenters. The Morgan fingerprint density at radius 3 is 2.67 bits per heavy atom. The molecule has 21 heavy (non-hydrogen) atoms. The smallest absolute Gasteiger partial charge is 0.158 e. The van der Waals surface area contributed by atoms with Gasteiger partial charge in [-0.05, 0) is 36.4 Å². The lowest BCUT2D eigenvalue weighted by molar-refractivity contribution is -0.687. The van der Waals surface area contributed by atoms with Crippen LogP contribution in [0, 0.1) is 0 Å². The van der Waals surface area contributed by atoms with Gasteiger partial charge < -0.3 is 9.73 Å². The molecule has 3 rings (SSSR count). The maximum absolute atomic E-state index is 6.00. The standard InChI is InChI=1S/C17H15ClN2O/c18-15-3-1-2-14(10-15)17-5-4-16(21-17)12-20-11-13-6-8-19-9-7-13/h1-10,20H,11-12H2/p+1. The molecule has 0 fully saturated rings. The van der Waals surface area contributed by atoms with E-state index >= 15 is 0 Å². The number of pyridine rings is 1. The van der Waals surface area contributed by atoms with Crippen LogP contribution in [0.15, 0.2) is 65.3 Å². The number of nitrogens with zero attached hydrogens (tertiary/aromatic N) is 1. The average Bonchev–Trinajstić information content (AvgIpc) is 2.97. The molecule has 0 bridgehead atoms. The van der Waals surface area contributed by atoms with Crippen LogP contribution >= 0.6 is 11.6 Å². The van der Waals surface area contributed by atoms with Gasteiger partial charge >= 0.3 is 0 Å². The van der Waals surface area contributed by atoms with Gasteiger partial charge in [0.25, 0.3) is 0 Å². The Bertz CT molecular complexity index is 710. The molecule has 1 aromatic carbocycles. The molecule has 0 aliphatic carbocycles. The number of halogens is 1. The van der Waals surface area contributed by atoms with E-state index < -0.39 is 0 Å². The number of furan rings is 1. The molecule has 0 spiro atoms. The SMILES string of the molecule is Clc1cccc(-c2ccc(C[NH2+]Cc3ccncc3)o2)c1. The third kappa shape index (κ3) is 3.72. The first-order valence-electron chi connectivity index (χ1n) is 6.86. The van der Waals surface area contributed by atoms with Gasteiger partial charge in [0.05, 0.1) is 0 Å². The Morgan fingerprint density at radius 1 is 1.00 bits per heavy atom. The zero-order valence-corrected chi connectivity index (χ0v) is 12.3. The van der Waals surface area contributed by atoms with Crippen molar-refractivity contribution in [2.75, 3.05) is 0 Å². The van der Waals surface area contributed by atoms with E-state index in [1.165, 1.54) is 5.56 Å². The van der Waals surface area contributed by atoms with Crippen LogP contribution < -0.4 is 5.32 Å². The van der Waals surface area contributed by atoms with Crippen molar-refractivity contribution in [3.05, 3.63) is 77.3 Å². The second-order valence-corrected chi connectivity index (χ2v) is 5.27. The monoisotopic (exact) mass is 299 g/mol.